The maximum absolute atomic E-state index is 12.4. The molecule has 2 atom stereocenters. The number of fused-ring (bicyclic) bond motifs is 2. The molecule has 2 aliphatic rings. The van der Waals surface area contributed by atoms with Crippen molar-refractivity contribution >= 4 is 6.03 Å². The minimum absolute atomic E-state index is 0.0156. The molecule has 3 rings (SSSR count). The Balaban J connectivity index is 1.59. The molecule has 2 unspecified atom stereocenters. The Morgan fingerprint density at radius 2 is 2.14 bits per heavy atom. The quantitative estimate of drug-likeness (QED) is 0.892. The second-order valence-electron chi connectivity index (χ2n) is 6.09. The highest BCUT2D eigenvalue weighted by Gasteiger charge is 2.42. The average Bonchev–Trinajstić information content (AvgIpc) is 2.77. The van der Waals surface area contributed by atoms with Gasteiger partial charge in [-0.15, -0.1) is 0 Å². The minimum atomic E-state index is -0.241. The van der Waals surface area contributed by atoms with Crippen LogP contribution in [0.5, 0.6) is 0 Å². The van der Waals surface area contributed by atoms with E-state index in [1.54, 1.807) is 6.20 Å². The first kappa shape index (κ1) is 14.3. The van der Waals surface area contributed by atoms with Crippen LogP contribution in [0.1, 0.15) is 43.9 Å². The van der Waals surface area contributed by atoms with Crippen LogP contribution in [0.3, 0.4) is 0 Å². The van der Waals surface area contributed by atoms with Gasteiger partial charge in [-0.05, 0) is 49.8 Å². The zero-order chi connectivity index (χ0) is 14.8. The molecule has 21 heavy (non-hydrogen) atoms. The normalized spacial score (nSPS) is 27.7. The molecular formula is C16H23N3O2. The first-order valence-electron chi connectivity index (χ1n) is 7.85. The molecule has 2 saturated heterocycles. The smallest absolute Gasteiger partial charge is 0.318 e. The van der Waals surface area contributed by atoms with Crippen molar-refractivity contribution in [2.75, 3.05) is 0 Å². The van der Waals surface area contributed by atoms with Crippen LogP contribution < -0.4 is 5.32 Å². The number of nitrogens with one attached hydrogen (secondary N) is 1. The number of aliphatic hydroxyl groups is 1. The molecule has 0 aliphatic carbocycles. The monoisotopic (exact) mass is 289 g/mol. The number of urea groups is 1. The molecule has 1 aromatic heterocycles. The van der Waals surface area contributed by atoms with Crippen LogP contribution in [-0.2, 0) is 13.0 Å². The van der Waals surface area contributed by atoms with Crippen LogP contribution in [0.4, 0.5) is 4.79 Å². The number of hydrogen-bond acceptors (Lipinski definition) is 3. The number of amides is 2. The third kappa shape index (κ3) is 3.02. The van der Waals surface area contributed by atoms with Gasteiger partial charge in [-0.25, -0.2) is 4.79 Å². The number of aryl methyl sites for hydroxylation is 1. The molecule has 0 aromatic carbocycles. The van der Waals surface area contributed by atoms with Crippen LogP contribution in [0.15, 0.2) is 18.3 Å². The van der Waals surface area contributed by atoms with Gasteiger partial charge in [0.25, 0.3) is 0 Å². The Kier molecular flexibility index (Phi) is 4.10. The summed E-state index contributed by atoms with van der Waals surface area (Å²) in [7, 11) is 0. The molecule has 3 heterocycles. The molecule has 2 N–H and O–H groups in total. The van der Waals surface area contributed by atoms with Gasteiger partial charge >= 0.3 is 6.03 Å². The lowest BCUT2D eigenvalue weighted by Gasteiger charge is -2.37. The maximum Gasteiger partial charge on any atom is 0.318 e. The molecule has 5 heteroatoms. The summed E-state index contributed by atoms with van der Waals surface area (Å²) < 4.78 is 0. The van der Waals surface area contributed by atoms with E-state index in [-0.39, 0.29) is 24.2 Å². The summed E-state index contributed by atoms with van der Waals surface area (Å²) in [5, 5.41) is 12.8. The summed E-state index contributed by atoms with van der Waals surface area (Å²) in [4.78, 5) is 18.6. The predicted molar refractivity (Wildman–Crippen MR) is 79.7 cm³/mol. The van der Waals surface area contributed by atoms with E-state index in [9.17, 15) is 9.90 Å². The Morgan fingerprint density at radius 1 is 1.43 bits per heavy atom. The zero-order valence-electron chi connectivity index (χ0n) is 12.5. The van der Waals surface area contributed by atoms with Crippen molar-refractivity contribution < 1.29 is 9.90 Å². The minimum Gasteiger partial charge on any atom is -0.393 e. The van der Waals surface area contributed by atoms with Crippen LogP contribution in [0, 0.1) is 0 Å². The second kappa shape index (κ2) is 6.02. The number of rotatable bonds is 3. The maximum atomic E-state index is 12.4. The van der Waals surface area contributed by atoms with Gasteiger partial charge in [0.1, 0.15) is 0 Å². The third-order valence-electron chi connectivity index (χ3n) is 4.65. The molecule has 0 radical (unpaired) electrons. The van der Waals surface area contributed by atoms with Crippen molar-refractivity contribution in [1.82, 2.24) is 15.2 Å². The fraction of sp³-hybridized carbons (Fsp3) is 0.625. The van der Waals surface area contributed by atoms with Crippen molar-refractivity contribution in [2.24, 2.45) is 0 Å². The van der Waals surface area contributed by atoms with Crippen LogP contribution in [0.25, 0.3) is 0 Å². The summed E-state index contributed by atoms with van der Waals surface area (Å²) in [5.41, 5.74) is 2.13. The molecule has 0 spiro atoms. The molecule has 2 amide bonds. The molecule has 2 bridgehead atoms. The number of carbonyl (C=O) groups is 1. The van der Waals surface area contributed by atoms with E-state index in [1.165, 1.54) is 5.56 Å². The standard InChI is InChI=1S/C16H23N3O2/c1-2-11-5-6-17-12(7-11)10-18-16(21)19-13-3-4-14(19)9-15(20)8-13/h5-7,13-15,20H,2-4,8-10H2,1H3,(H,18,21). The van der Waals surface area contributed by atoms with E-state index >= 15 is 0 Å². The Morgan fingerprint density at radius 3 is 2.81 bits per heavy atom. The van der Waals surface area contributed by atoms with E-state index in [4.69, 9.17) is 0 Å². The molecule has 1 aromatic rings. The topological polar surface area (TPSA) is 65.5 Å². The molecular weight excluding hydrogens is 266 g/mol. The lowest BCUT2D eigenvalue weighted by Crippen LogP contribution is -2.51. The SMILES string of the molecule is CCc1ccnc(CNC(=O)N2C3CCC2CC(O)C3)c1. The summed E-state index contributed by atoms with van der Waals surface area (Å²) in [6.07, 6.45) is 5.98. The molecule has 0 saturated carbocycles. The van der Waals surface area contributed by atoms with E-state index in [0.717, 1.165) is 25.0 Å². The Labute approximate surface area is 125 Å². The van der Waals surface area contributed by atoms with Gasteiger partial charge < -0.3 is 15.3 Å². The summed E-state index contributed by atoms with van der Waals surface area (Å²) in [6.45, 7) is 2.57. The zero-order valence-corrected chi connectivity index (χ0v) is 12.5. The fourth-order valence-corrected chi connectivity index (χ4v) is 3.58. The van der Waals surface area contributed by atoms with Gasteiger partial charge in [-0.3, -0.25) is 4.98 Å². The lowest BCUT2D eigenvalue weighted by atomic mass is 10.0. The highest BCUT2D eigenvalue weighted by molar-refractivity contribution is 5.75. The van der Waals surface area contributed by atoms with Gasteiger partial charge in [0, 0.05) is 18.3 Å². The van der Waals surface area contributed by atoms with Gasteiger partial charge in [0.05, 0.1) is 18.3 Å². The lowest BCUT2D eigenvalue weighted by molar-refractivity contribution is 0.0541. The predicted octanol–water partition coefficient (Wildman–Crippen LogP) is 1.84. The largest absolute Gasteiger partial charge is 0.393 e. The van der Waals surface area contributed by atoms with Crippen molar-refractivity contribution in [1.29, 1.82) is 0 Å². The van der Waals surface area contributed by atoms with Gasteiger partial charge in [0.2, 0.25) is 0 Å². The van der Waals surface area contributed by atoms with Crippen LogP contribution in [-0.4, -0.2) is 39.2 Å². The van der Waals surface area contributed by atoms with Gasteiger partial charge in [-0.2, -0.15) is 0 Å². The average molecular weight is 289 g/mol. The number of aliphatic hydroxyl groups excluding tert-OH is 1. The van der Waals surface area contributed by atoms with E-state index in [2.05, 4.69) is 17.2 Å². The molecule has 2 fully saturated rings. The molecule has 2 aliphatic heterocycles. The van der Waals surface area contributed by atoms with Crippen molar-refractivity contribution in [3.63, 3.8) is 0 Å². The van der Waals surface area contributed by atoms with Crippen LogP contribution in [0.2, 0.25) is 0 Å². The van der Waals surface area contributed by atoms with E-state index in [1.807, 2.05) is 17.0 Å². The van der Waals surface area contributed by atoms with Gasteiger partial charge in [-0.1, -0.05) is 6.92 Å². The molecule has 114 valence electrons. The van der Waals surface area contributed by atoms with Crippen molar-refractivity contribution in [2.45, 2.75) is 63.8 Å². The third-order valence-corrected chi connectivity index (χ3v) is 4.65. The second-order valence-corrected chi connectivity index (χ2v) is 6.09. The number of aromatic nitrogens is 1. The summed E-state index contributed by atoms with van der Waals surface area (Å²) in [6, 6.07) is 4.42. The number of piperidine rings is 1. The van der Waals surface area contributed by atoms with Crippen molar-refractivity contribution in [3.05, 3.63) is 29.6 Å². The first-order valence-corrected chi connectivity index (χ1v) is 7.85. The number of nitrogens with zero attached hydrogens (tertiary/aromatic N) is 2. The van der Waals surface area contributed by atoms with E-state index in [0.29, 0.717) is 19.4 Å². The number of hydrogen-bond donors (Lipinski definition) is 2. The molecule has 5 nitrogen and oxygen atoms in total. The number of pyridine rings is 1. The first-order chi connectivity index (χ1) is 10.2. The van der Waals surface area contributed by atoms with Crippen molar-refractivity contribution in [3.8, 4) is 0 Å². The van der Waals surface area contributed by atoms with Gasteiger partial charge in [0.15, 0.2) is 0 Å². The summed E-state index contributed by atoms with van der Waals surface area (Å²) >= 11 is 0. The summed E-state index contributed by atoms with van der Waals surface area (Å²) in [5.74, 6) is 0. The number of carbonyl (C=O) groups excluding carboxylic acids is 1. The Bertz CT molecular complexity index is 506. The Hall–Kier alpha value is -1.62. The highest BCUT2D eigenvalue weighted by atomic mass is 16.3. The highest BCUT2D eigenvalue weighted by Crippen LogP contribution is 2.35. The van der Waals surface area contributed by atoms with Crippen LogP contribution >= 0.6 is 0 Å². The fourth-order valence-electron chi connectivity index (χ4n) is 3.58. The van der Waals surface area contributed by atoms with E-state index < -0.39 is 0 Å².